The summed E-state index contributed by atoms with van der Waals surface area (Å²) in [5.41, 5.74) is -0.147. The maximum atomic E-state index is 11.2. The molecular formula is C9H7NO3. The zero-order valence-electron chi connectivity index (χ0n) is 9.44. The first-order valence-electron chi connectivity index (χ1n) is 4.77. The van der Waals surface area contributed by atoms with E-state index in [1.54, 1.807) is 0 Å². The van der Waals surface area contributed by atoms with Crippen molar-refractivity contribution < 1.29 is 18.8 Å². The molecule has 0 saturated heterocycles. The number of hydrogen-bond donors (Lipinski definition) is 1. The minimum absolute atomic E-state index is 0.0227. The number of aromatic hydroxyl groups is 1. The van der Waals surface area contributed by atoms with Gasteiger partial charge in [0, 0.05) is 0 Å². The predicted octanol–water partition coefficient (Wildman–Crippen LogP) is 1.73. The van der Waals surface area contributed by atoms with Crippen LogP contribution in [0, 0.1) is 6.57 Å². The largest absolute Gasteiger partial charge is 0.519 e. The number of methoxy groups -OCH3 is 1. The van der Waals surface area contributed by atoms with E-state index >= 15 is 0 Å². The van der Waals surface area contributed by atoms with Gasteiger partial charge in [-0.3, -0.25) is 0 Å². The molecule has 0 aliphatic carbocycles. The molecule has 66 valence electrons. The Morgan fingerprint density at radius 1 is 1.77 bits per heavy atom. The van der Waals surface area contributed by atoms with Crippen LogP contribution < -0.4 is 0 Å². The number of carbonyl (C=O) groups is 1. The second-order valence-corrected chi connectivity index (χ2v) is 2.20. The summed E-state index contributed by atoms with van der Waals surface area (Å²) in [6.45, 7) is 6.67. The lowest BCUT2D eigenvalue weighted by Crippen LogP contribution is -1.99. The number of phenolic OH excluding ortho intramolecular Hbond substituents is 1. The van der Waals surface area contributed by atoms with Gasteiger partial charge in [-0.25, -0.2) is 9.64 Å². The van der Waals surface area contributed by atoms with E-state index in [9.17, 15) is 9.90 Å². The van der Waals surface area contributed by atoms with Crippen LogP contribution in [-0.2, 0) is 4.74 Å². The van der Waals surface area contributed by atoms with Gasteiger partial charge in [0.25, 0.3) is 0 Å². The standard InChI is InChI=1S/C9H7NO3/c1-10-7-4-3-6(5-8(7)11)9(12)13-2/h3-5,11H,2H3/i2D3. The van der Waals surface area contributed by atoms with Crippen molar-refractivity contribution in [2.75, 3.05) is 7.04 Å². The Kier molecular flexibility index (Phi) is 1.54. The Morgan fingerprint density at radius 3 is 3.08 bits per heavy atom. The molecule has 0 amide bonds. The summed E-state index contributed by atoms with van der Waals surface area (Å²) < 4.78 is 24.3. The summed E-state index contributed by atoms with van der Waals surface area (Å²) in [5, 5.41) is 9.28. The molecule has 1 rings (SSSR count). The zero-order valence-corrected chi connectivity index (χ0v) is 6.44. The van der Waals surface area contributed by atoms with Crippen LogP contribution in [0.1, 0.15) is 14.5 Å². The van der Waals surface area contributed by atoms with Crippen molar-refractivity contribution in [2.45, 2.75) is 0 Å². The molecule has 0 heterocycles. The Bertz CT molecular complexity index is 462. The van der Waals surface area contributed by atoms with Gasteiger partial charge in [-0.05, 0) is 6.07 Å². The SMILES string of the molecule is [2H]C([2H])([2H])OC(=O)c1ccc([N+]#[C-])c(O)c1. The van der Waals surface area contributed by atoms with Crippen molar-refractivity contribution in [2.24, 2.45) is 0 Å². The van der Waals surface area contributed by atoms with E-state index in [-0.39, 0.29) is 11.3 Å². The van der Waals surface area contributed by atoms with Crippen LogP contribution >= 0.6 is 0 Å². The van der Waals surface area contributed by atoms with Gasteiger partial charge in [-0.1, -0.05) is 12.1 Å². The van der Waals surface area contributed by atoms with Crippen LogP contribution in [0.25, 0.3) is 4.85 Å². The average Bonchev–Trinajstić information content (AvgIpc) is 2.15. The van der Waals surface area contributed by atoms with Crippen LogP contribution in [0.5, 0.6) is 5.75 Å². The lowest BCUT2D eigenvalue weighted by molar-refractivity contribution is 0.0600. The zero-order chi connectivity index (χ0) is 12.3. The third-order valence-electron chi connectivity index (χ3n) is 1.42. The average molecular weight is 180 g/mol. The monoisotopic (exact) mass is 180 g/mol. The van der Waals surface area contributed by atoms with Gasteiger partial charge in [-0.2, -0.15) is 0 Å². The van der Waals surface area contributed by atoms with Gasteiger partial charge >= 0.3 is 5.97 Å². The number of benzene rings is 1. The Morgan fingerprint density at radius 2 is 2.54 bits per heavy atom. The third kappa shape index (κ3) is 1.76. The molecule has 4 heteroatoms. The molecule has 1 aromatic rings. The minimum atomic E-state index is -2.83. The van der Waals surface area contributed by atoms with Crippen molar-refractivity contribution in [1.82, 2.24) is 0 Å². The number of ether oxygens (including phenoxy) is 1. The van der Waals surface area contributed by atoms with E-state index in [1.165, 1.54) is 12.1 Å². The van der Waals surface area contributed by atoms with Crippen LogP contribution in [0.15, 0.2) is 18.2 Å². The summed E-state index contributed by atoms with van der Waals surface area (Å²) in [7, 11) is -2.83. The number of esters is 1. The molecule has 1 aromatic carbocycles. The number of phenols is 1. The molecule has 0 unspecified atom stereocenters. The maximum Gasteiger partial charge on any atom is 0.337 e. The molecule has 0 aliphatic heterocycles. The lowest BCUT2D eigenvalue weighted by Gasteiger charge is -2.00. The van der Waals surface area contributed by atoms with Gasteiger partial charge in [0.05, 0.1) is 23.3 Å². The van der Waals surface area contributed by atoms with E-state index in [4.69, 9.17) is 10.7 Å². The van der Waals surface area contributed by atoms with Crippen LogP contribution in [-0.4, -0.2) is 18.1 Å². The molecule has 0 fully saturated rings. The second kappa shape index (κ2) is 3.59. The fraction of sp³-hybridized carbons (Fsp3) is 0.111. The summed E-state index contributed by atoms with van der Waals surface area (Å²) in [6.07, 6.45) is 0. The van der Waals surface area contributed by atoms with Crippen molar-refractivity contribution in [3.8, 4) is 5.75 Å². The summed E-state index contributed by atoms with van der Waals surface area (Å²) >= 11 is 0. The summed E-state index contributed by atoms with van der Waals surface area (Å²) in [4.78, 5) is 14.2. The Hall–Kier alpha value is -2.02. The molecule has 13 heavy (non-hydrogen) atoms. The highest BCUT2D eigenvalue weighted by Crippen LogP contribution is 2.26. The lowest BCUT2D eigenvalue weighted by atomic mass is 10.2. The highest BCUT2D eigenvalue weighted by Gasteiger charge is 2.08. The van der Waals surface area contributed by atoms with Crippen molar-refractivity contribution in [3.63, 3.8) is 0 Å². The van der Waals surface area contributed by atoms with Crippen molar-refractivity contribution in [1.29, 1.82) is 0 Å². The van der Waals surface area contributed by atoms with Crippen molar-refractivity contribution >= 4 is 11.7 Å². The fourth-order valence-corrected chi connectivity index (χ4v) is 0.804. The van der Waals surface area contributed by atoms with Gasteiger partial charge < -0.3 is 9.84 Å². The molecule has 0 aromatic heterocycles. The maximum absolute atomic E-state index is 11.2. The first-order chi connectivity index (χ1) is 7.33. The molecule has 1 N–H and O–H groups in total. The van der Waals surface area contributed by atoms with E-state index in [1.807, 2.05) is 0 Å². The van der Waals surface area contributed by atoms with Crippen LogP contribution in [0.2, 0.25) is 0 Å². The molecule has 0 atom stereocenters. The van der Waals surface area contributed by atoms with Gasteiger partial charge in [0.2, 0.25) is 5.69 Å². The van der Waals surface area contributed by atoms with E-state index < -0.39 is 18.8 Å². The predicted molar refractivity (Wildman–Crippen MR) is 45.7 cm³/mol. The molecule has 0 aliphatic rings. The molecule has 0 radical (unpaired) electrons. The van der Waals surface area contributed by atoms with E-state index in [0.29, 0.717) is 0 Å². The number of rotatable bonds is 1. The first-order valence-corrected chi connectivity index (χ1v) is 3.27. The highest BCUT2D eigenvalue weighted by atomic mass is 16.5. The highest BCUT2D eigenvalue weighted by molar-refractivity contribution is 5.90. The number of nitrogens with zero attached hydrogens (tertiary/aromatic N) is 1. The molecule has 0 bridgehead atoms. The van der Waals surface area contributed by atoms with Gasteiger partial charge in [-0.15, -0.1) is 0 Å². The van der Waals surface area contributed by atoms with Gasteiger partial charge in [0.15, 0.2) is 0 Å². The molecule has 0 saturated carbocycles. The Labute approximate surface area is 79.4 Å². The van der Waals surface area contributed by atoms with Crippen LogP contribution in [0.4, 0.5) is 5.69 Å². The first kappa shape index (κ1) is 5.60. The van der Waals surface area contributed by atoms with Crippen molar-refractivity contribution in [3.05, 3.63) is 35.2 Å². The topological polar surface area (TPSA) is 50.9 Å². The van der Waals surface area contributed by atoms with Crippen LogP contribution in [0.3, 0.4) is 0 Å². The third-order valence-corrected chi connectivity index (χ3v) is 1.42. The minimum Gasteiger partial charge on any atom is -0.519 e. The fourth-order valence-electron chi connectivity index (χ4n) is 0.804. The smallest absolute Gasteiger partial charge is 0.337 e. The summed E-state index contributed by atoms with van der Waals surface area (Å²) in [6, 6.07) is 3.40. The normalized spacial score (nSPS) is 13.3. The van der Waals surface area contributed by atoms with Gasteiger partial charge in [0.1, 0.15) is 5.75 Å². The molecular weight excluding hydrogens is 170 g/mol. The van der Waals surface area contributed by atoms with E-state index in [0.717, 1.165) is 6.07 Å². The van der Waals surface area contributed by atoms with E-state index in [2.05, 4.69) is 9.58 Å². The summed E-state index contributed by atoms with van der Waals surface area (Å²) in [5.74, 6) is -1.47. The Balaban J connectivity index is 2.95. The second-order valence-electron chi connectivity index (χ2n) is 2.20. The molecule has 0 spiro atoms. The number of carbonyl (C=O) groups excluding carboxylic acids is 1. The number of hydrogen-bond acceptors (Lipinski definition) is 3. The quantitative estimate of drug-likeness (QED) is 0.529. The molecule has 4 nitrogen and oxygen atoms in total.